The number of Topliss-reactive ketones (excluding diaryl/α,β-unsaturated/α-hetero) is 1. The van der Waals surface area contributed by atoms with E-state index in [4.69, 9.17) is 9.47 Å². The molecule has 0 aliphatic rings. The number of methoxy groups -OCH3 is 1. The molecule has 28 heavy (non-hydrogen) atoms. The van der Waals surface area contributed by atoms with Crippen molar-refractivity contribution < 1.29 is 23.9 Å². The van der Waals surface area contributed by atoms with Gasteiger partial charge in [0.05, 0.1) is 23.9 Å². The fourth-order valence-electron chi connectivity index (χ4n) is 3.29. The van der Waals surface area contributed by atoms with Gasteiger partial charge in [0.15, 0.2) is 6.10 Å². The Hall–Kier alpha value is -3.41. The normalized spacial score (nSPS) is 11.9. The van der Waals surface area contributed by atoms with Gasteiger partial charge in [0.2, 0.25) is 5.78 Å². The highest BCUT2D eigenvalue weighted by atomic mass is 16.5. The van der Waals surface area contributed by atoms with Gasteiger partial charge in [0, 0.05) is 5.69 Å². The third-order valence-electron chi connectivity index (χ3n) is 4.74. The van der Waals surface area contributed by atoms with Crippen LogP contribution in [0.25, 0.3) is 10.8 Å². The number of hydrogen-bond acceptors (Lipinski definition) is 5. The Kier molecular flexibility index (Phi) is 5.31. The summed E-state index contributed by atoms with van der Waals surface area (Å²) in [6.45, 7) is 4.85. The van der Waals surface area contributed by atoms with Crippen molar-refractivity contribution in [1.82, 2.24) is 4.98 Å². The summed E-state index contributed by atoms with van der Waals surface area (Å²) < 4.78 is 10.2. The van der Waals surface area contributed by atoms with Crippen molar-refractivity contribution in [2.24, 2.45) is 0 Å². The van der Waals surface area contributed by atoms with Crippen LogP contribution < -0.4 is 0 Å². The van der Waals surface area contributed by atoms with Gasteiger partial charge in [-0.05, 0) is 43.2 Å². The monoisotopic (exact) mass is 379 g/mol. The Balaban J connectivity index is 1.85. The maximum Gasteiger partial charge on any atom is 0.339 e. The number of benzene rings is 2. The van der Waals surface area contributed by atoms with Crippen LogP contribution in [0.2, 0.25) is 0 Å². The van der Waals surface area contributed by atoms with E-state index in [1.165, 1.54) is 14.0 Å². The Bertz CT molecular complexity index is 1070. The molecule has 0 amide bonds. The number of hydrogen-bond donors (Lipinski definition) is 1. The van der Waals surface area contributed by atoms with E-state index in [9.17, 15) is 14.4 Å². The minimum atomic E-state index is -1.02. The minimum absolute atomic E-state index is 0.233. The zero-order valence-electron chi connectivity index (χ0n) is 16.2. The molecule has 1 N–H and O–H groups in total. The number of esters is 2. The van der Waals surface area contributed by atoms with E-state index in [2.05, 4.69) is 4.98 Å². The lowest BCUT2D eigenvalue weighted by Crippen LogP contribution is -2.25. The van der Waals surface area contributed by atoms with Crippen molar-refractivity contribution in [3.63, 3.8) is 0 Å². The summed E-state index contributed by atoms with van der Waals surface area (Å²) in [6, 6.07) is 12.8. The van der Waals surface area contributed by atoms with Gasteiger partial charge in [-0.1, -0.05) is 36.4 Å². The molecule has 1 heterocycles. The zero-order valence-corrected chi connectivity index (χ0v) is 16.2. The van der Waals surface area contributed by atoms with E-state index in [0.29, 0.717) is 22.4 Å². The highest BCUT2D eigenvalue weighted by molar-refractivity contribution is 6.07. The highest BCUT2D eigenvalue weighted by Gasteiger charge is 2.27. The molecule has 0 saturated carbocycles. The van der Waals surface area contributed by atoms with Crippen LogP contribution >= 0.6 is 0 Å². The number of aromatic amines is 1. The fourth-order valence-corrected chi connectivity index (χ4v) is 3.29. The first-order chi connectivity index (χ1) is 13.3. The third kappa shape index (κ3) is 3.41. The molecule has 2 aromatic carbocycles. The summed E-state index contributed by atoms with van der Waals surface area (Å²) >= 11 is 0. The molecule has 0 fully saturated rings. The standard InChI is InChI=1S/C22H21NO5/c1-12-18(22(26)27-4)13(2)23-19(12)20(24)14(3)28-21(25)17-11-7-9-15-8-5-6-10-16(15)17/h5-11,14,23H,1-4H3/t14-/m0/s1. The number of aromatic nitrogens is 1. The van der Waals surface area contributed by atoms with Crippen molar-refractivity contribution in [1.29, 1.82) is 0 Å². The lowest BCUT2D eigenvalue weighted by atomic mass is 10.0. The summed E-state index contributed by atoms with van der Waals surface area (Å²) in [4.78, 5) is 40.3. The average molecular weight is 379 g/mol. The lowest BCUT2D eigenvalue weighted by molar-refractivity contribution is 0.0318. The molecule has 0 spiro atoms. The summed E-state index contributed by atoms with van der Waals surface area (Å²) in [5, 5.41) is 1.67. The van der Waals surface area contributed by atoms with Gasteiger partial charge in [0.1, 0.15) is 0 Å². The topological polar surface area (TPSA) is 85.5 Å². The maximum atomic E-state index is 12.8. The molecule has 0 radical (unpaired) electrons. The second kappa shape index (κ2) is 7.68. The number of rotatable bonds is 5. The van der Waals surface area contributed by atoms with Crippen LogP contribution in [0.5, 0.6) is 0 Å². The van der Waals surface area contributed by atoms with Gasteiger partial charge in [-0.2, -0.15) is 0 Å². The van der Waals surface area contributed by atoms with Crippen molar-refractivity contribution in [2.45, 2.75) is 26.9 Å². The third-order valence-corrected chi connectivity index (χ3v) is 4.74. The molecule has 6 heteroatoms. The van der Waals surface area contributed by atoms with Crippen LogP contribution in [0.4, 0.5) is 0 Å². The molecule has 1 aromatic heterocycles. The zero-order chi connectivity index (χ0) is 20.4. The molecule has 0 saturated heterocycles. The molecule has 0 bridgehead atoms. The molecule has 3 aromatic rings. The van der Waals surface area contributed by atoms with Gasteiger partial charge >= 0.3 is 11.9 Å². The molecule has 1 atom stereocenters. The molecular formula is C22H21NO5. The van der Waals surface area contributed by atoms with E-state index in [1.807, 2.05) is 30.3 Å². The number of ether oxygens (including phenoxy) is 2. The van der Waals surface area contributed by atoms with E-state index >= 15 is 0 Å². The molecule has 144 valence electrons. The smallest absolute Gasteiger partial charge is 0.339 e. The first-order valence-corrected chi connectivity index (χ1v) is 8.85. The lowest BCUT2D eigenvalue weighted by Gasteiger charge is -2.13. The van der Waals surface area contributed by atoms with E-state index in [1.54, 1.807) is 26.0 Å². The van der Waals surface area contributed by atoms with E-state index in [0.717, 1.165) is 10.8 Å². The van der Waals surface area contributed by atoms with Gasteiger partial charge in [-0.3, -0.25) is 4.79 Å². The second-order valence-corrected chi connectivity index (χ2v) is 6.56. The van der Waals surface area contributed by atoms with Crippen LogP contribution in [0, 0.1) is 13.8 Å². The van der Waals surface area contributed by atoms with Crippen LogP contribution in [-0.4, -0.2) is 35.9 Å². The summed E-state index contributed by atoms with van der Waals surface area (Å²) in [5.74, 6) is -1.51. The summed E-state index contributed by atoms with van der Waals surface area (Å²) in [6.07, 6.45) is -1.02. The number of carbonyl (C=O) groups is 3. The van der Waals surface area contributed by atoms with E-state index in [-0.39, 0.29) is 5.69 Å². The highest BCUT2D eigenvalue weighted by Crippen LogP contribution is 2.23. The molecule has 0 aliphatic heterocycles. The SMILES string of the molecule is COC(=O)c1c(C)[nH]c(C(=O)[C@H](C)OC(=O)c2cccc3ccccc23)c1C. The van der Waals surface area contributed by atoms with Crippen molar-refractivity contribution >= 4 is 28.5 Å². The predicted molar refractivity (Wildman–Crippen MR) is 105 cm³/mol. The van der Waals surface area contributed by atoms with Crippen LogP contribution in [0.3, 0.4) is 0 Å². The average Bonchev–Trinajstić information content (AvgIpc) is 3.00. The van der Waals surface area contributed by atoms with Crippen LogP contribution in [0.15, 0.2) is 42.5 Å². The Labute approximate surface area is 162 Å². The first kappa shape index (κ1) is 19.4. The molecular weight excluding hydrogens is 358 g/mol. The largest absolute Gasteiger partial charge is 0.465 e. The molecule has 0 unspecified atom stereocenters. The number of H-pyrrole nitrogens is 1. The number of fused-ring (bicyclic) bond motifs is 1. The van der Waals surface area contributed by atoms with Gasteiger partial charge in [-0.25, -0.2) is 9.59 Å². The van der Waals surface area contributed by atoms with Gasteiger partial charge in [0.25, 0.3) is 0 Å². The van der Waals surface area contributed by atoms with Crippen molar-refractivity contribution in [3.8, 4) is 0 Å². The van der Waals surface area contributed by atoms with E-state index < -0.39 is 23.8 Å². The predicted octanol–water partition coefficient (Wildman–Crippen LogP) is 4.00. The number of aryl methyl sites for hydroxylation is 1. The first-order valence-electron chi connectivity index (χ1n) is 8.85. The number of carbonyl (C=O) groups excluding carboxylic acids is 3. The molecule has 0 aliphatic carbocycles. The second-order valence-electron chi connectivity index (χ2n) is 6.56. The van der Waals surface area contributed by atoms with Gasteiger partial charge in [-0.15, -0.1) is 0 Å². The maximum absolute atomic E-state index is 12.8. The Morgan fingerprint density at radius 3 is 2.36 bits per heavy atom. The van der Waals surface area contributed by atoms with Crippen molar-refractivity contribution in [3.05, 3.63) is 70.5 Å². The summed E-state index contributed by atoms with van der Waals surface area (Å²) in [5.41, 5.74) is 1.95. The quantitative estimate of drug-likeness (QED) is 0.535. The fraction of sp³-hybridized carbons (Fsp3) is 0.227. The summed E-state index contributed by atoms with van der Waals surface area (Å²) in [7, 11) is 1.28. The van der Waals surface area contributed by atoms with Crippen molar-refractivity contribution in [2.75, 3.05) is 7.11 Å². The Morgan fingerprint density at radius 2 is 1.64 bits per heavy atom. The van der Waals surface area contributed by atoms with Crippen LogP contribution in [-0.2, 0) is 9.47 Å². The number of nitrogens with one attached hydrogen (secondary N) is 1. The van der Waals surface area contributed by atoms with Gasteiger partial charge < -0.3 is 14.5 Å². The number of ketones is 1. The molecule has 6 nitrogen and oxygen atoms in total. The van der Waals surface area contributed by atoms with Crippen LogP contribution in [0.1, 0.15) is 49.4 Å². The Morgan fingerprint density at radius 1 is 0.964 bits per heavy atom. The molecule has 3 rings (SSSR count). The minimum Gasteiger partial charge on any atom is -0.465 e.